The molecule has 1 aromatic heterocycles. The molecule has 8 heteroatoms. The zero-order chi connectivity index (χ0) is 17.8. The summed E-state index contributed by atoms with van der Waals surface area (Å²) in [5, 5.41) is 8.20. The van der Waals surface area contributed by atoms with E-state index in [1.807, 2.05) is 23.4 Å². The standard InChI is InChI=1S/C18H20ClN3O2S.ClH/c1-20-10-12-6-7-22(11-12)18(24)13-4-5-14(19)15(9-13)21-17(23)16-3-2-8-25-16;/h2-5,8-9,12,20H,6-7,10-11H2,1H3,(H,21,23);1H. The normalized spacial score (nSPS) is 16.2. The van der Waals surface area contributed by atoms with Gasteiger partial charge in [-0.3, -0.25) is 9.59 Å². The third kappa shape index (κ3) is 4.76. The van der Waals surface area contributed by atoms with Crippen molar-refractivity contribution in [1.82, 2.24) is 10.2 Å². The predicted molar refractivity (Wildman–Crippen MR) is 109 cm³/mol. The molecule has 1 aliphatic rings. The van der Waals surface area contributed by atoms with E-state index in [2.05, 4.69) is 10.6 Å². The SMILES string of the molecule is CNCC1CCN(C(=O)c2ccc(Cl)c(NC(=O)c3cccs3)c2)C1.Cl. The lowest BCUT2D eigenvalue weighted by molar-refractivity contribution is 0.0787. The van der Waals surface area contributed by atoms with Crippen LogP contribution in [0.15, 0.2) is 35.7 Å². The molecule has 1 fully saturated rings. The van der Waals surface area contributed by atoms with E-state index in [1.165, 1.54) is 11.3 Å². The number of hydrogen-bond donors (Lipinski definition) is 2. The molecule has 0 aliphatic carbocycles. The van der Waals surface area contributed by atoms with Crippen molar-refractivity contribution in [3.8, 4) is 0 Å². The zero-order valence-corrected chi connectivity index (χ0v) is 16.7. The van der Waals surface area contributed by atoms with Crippen LogP contribution in [-0.2, 0) is 0 Å². The van der Waals surface area contributed by atoms with E-state index >= 15 is 0 Å². The number of halogens is 2. The molecule has 5 nitrogen and oxygen atoms in total. The number of amides is 2. The van der Waals surface area contributed by atoms with E-state index in [4.69, 9.17) is 11.6 Å². The number of benzene rings is 1. The second-order valence-corrected chi connectivity index (χ2v) is 7.44. The Morgan fingerprint density at radius 2 is 2.15 bits per heavy atom. The fraction of sp³-hybridized carbons (Fsp3) is 0.333. The first-order chi connectivity index (χ1) is 12.1. The highest BCUT2D eigenvalue weighted by Crippen LogP contribution is 2.26. The molecular weight excluding hydrogens is 393 g/mol. The van der Waals surface area contributed by atoms with Crippen molar-refractivity contribution < 1.29 is 9.59 Å². The summed E-state index contributed by atoms with van der Waals surface area (Å²) in [5.74, 6) is 0.234. The number of rotatable bonds is 5. The van der Waals surface area contributed by atoms with Crippen LogP contribution < -0.4 is 10.6 Å². The zero-order valence-electron chi connectivity index (χ0n) is 14.3. The van der Waals surface area contributed by atoms with Gasteiger partial charge in [0, 0.05) is 18.7 Å². The molecule has 1 aliphatic heterocycles. The van der Waals surface area contributed by atoms with Crippen LogP contribution in [-0.4, -0.2) is 43.4 Å². The van der Waals surface area contributed by atoms with E-state index in [9.17, 15) is 9.59 Å². The molecule has 0 bridgehead atoms. The molecule has 0 saturated carbocycles. The minimum atomic E-state index is -0.225. The van der Waals surface area contributed by atoms with Crippen LogP contribution in [0.25, 0.3) is 0 Å². The summed E-state index contributed by atoms with van der Waals surface area (Å²) >= 11 is 7.54. The lowest BCUT2D eigenvalue weighted by Crippen LogP contribution is -2.30. The van der Waals surface area contributed by atoms with Gasteiger partial charge in [-0.2, -0.15) is 0 Å². The fourth-order valence-corrected chi connectivity index (χ4v) is 3.78. The van der Waals surface area contributed by atoms with E-state index < -0.39 is 0 Å². The fourth-order valence-electron chi connectivity index (χ4n) is 3.00. The number of anilines is 1. The number of thiophene rings is 1. The summed E-state index contributed by atoms with van der Waals surface area (Å²) in [6, 6.07) is 8.57. The molecule has 2 amide bonds. The minimum absolute atomic E-state index is 0. The lowest BCUT2D eigenvalue weighted by Gasteiger charge is -2.17. The molecule has 3 rings (SSSR count). The number of likely N-dealkylation sites (tertiary alicyclic amines) is 1. The molecule has 2 heterocycles. The van der Waals surface area contributed by atoms with Crippen molar-refractivity contribution in [2.24, 2.45) is 5.92 Å². The summed E-state index contributed by atoms with van der Waals surface area (Å²) < 4.78 is 0. The average Bonchev–Trinajstić information content (AvgIpc) is 3.28. The molecule has 2 aromatic rings. The summed E-state index contributed by atoms with van der Waals surface area (Å²) in [7, 11) is 1.92. The molecule has 26 heavy (non-hydrogen) atoms. The van der Waals surface area contributed by atoms with Crippen LogP contribution in [0.5, 0.6) is 0 Å². The van der Waals surface area contributed by atoms with Gasteiger partial charge in [-0.1, -0.05) is 17.7 Å². The molecule has 1 atom stereocenters. The highest BCUT2D eigenvalue weighted by Gasteiger charge is 2.26. The number of nitrogens with zero attached hydrogens (tertiary/aromatic N) is 1. The maximum Gasteiger partial charge on any atom is 0.265 e. The Kier molecular flexibility index (Phi) is 7.46. The maximum atomic E-state index is 12.7. The summed E-state index contributed by atoms with van der Waals surface area (Å²) in [6.45, 7) is 2.41. The lowest BCUT2D eigenvalue weighted by atomic mass is 10.1. The van der Waals surface area contributed by atoms with Crippen LogP contribution in [0.4, 0.5) is 5.69 Å². The topological polar surface area (TPSA) is 61.4 Å². The molecule has 1 unspecified atom stereocenters. The number of nitrogens with one attached hydrogen (secondary N) is 2. The Morgan fingerprint density at radius 3 is 2.85 bits per heavy atom. The van der Waals surface area contributed by atoms with Gasteiger partial charge in [0.25, 0.3) is 11.8 Å². The van der Waals surface area contributed by atoms with Gasteiger partial charge in [0.15, 0.2) is 0 Å². The van der Waals surface area contributed by atoms with Gasteiger partial charge in [0.2, 0.25) is 0 Å². The minimum Gasteiger partial charge on any atom is -0.338 e. The summed E-state index contributed by atoms with van der Waals surface area (Å²) in [6.07, 6.45) is 1.00. The largest absolute Gasteiger partial charge is 0.338 e. The second-order valence-electron chi connectivity index (χ2n) is 6.09. The van der Waals surface area contributed by atoms with Gasteiger partial charge < -0.3 is 15.5 Å². The van der Waals surface area contributed by atoms with E-state index in [-0.39, 0.29) is 24.2 Å². The molecular formula is C18H21Cl2N3O2S. The highest BCUT2D eigenvalue weighted by molar-refractivity contribution is 7.12. The highest BCUT2D eigenvalue weighted by atomic mass is 35.5. The monoisotopic (exact) mass is 413 g/mol. The predicted octanol–water partition coefficient (Wildman–Crippen LogP) is 3.76. The van der Waals surface area contributed by atoms with E-state index in [0.29, 0.717) is 27.1 Å². The molecule has 2 N–H and O–H groups in total. The Bertz CT molecular complexity index is 768. The van der Waals surface area contributed by atoms with Crippen LogP contribution in [0.3, 0.4) is 0 Å². The first kappa shape index (κ1) is 20.7. The van der Waals surface area contributed by atoms with E-state index in [0.717, 1.165) is 26.1 Å². The van der Waals surface area contributed by atoms with Gasteiger partial charge in [-0.15, -0.1) is 23.7 Å². The van der Waals surface area contributed by atoms with Crippen LogP contribution in [0, 0.1) is 5.92 Å². The van der Waals surface area contributed by atoms with Crippen LogP contribution >= 0.6 is 35.3 Å². The van der Waals surface area contributed by atoms with Crippen molar-refractivity contribution in [3.63, 3.8) is 0 Å². The van der Waals surface area contributed by atoms with Gasteiger partial charge in [-0.05, 0) is 55.6 Å². The summed E-state index contributed by atoms with van der Waals surface area (Å²) in [4.78, 5) is 27.4. The molecule has 140 valence electrons. The Hall–Kier alpha value is -1.60. The van der Waals surface area contributed by atoms with Gasteiger partial charge in [-0.25, -0.2) is 0 Å². The molecule has 0 spiro atoms. The third-order valence-electron chi connectivity index (χ3n) is 4.27. The number of hydrogen-bond acceptors (Lipinski definition) is 4. The number of carbonyl (C=O) groups excluding carboxylic acids is 2. The van der Waals surface area contributed by atoms with Crippen LogP contribution in [0.2, 0.25) is 5.02 Å². The third-order valence-corrected chi connectivity index (χ3v) is 5.47. The maximum absolute atomic E-state index is 12.7. The number of carbonyl (C=O) groups is 2. The molecule has 0 radical (unpaired) electrons. The first-order valence-electron chi connectivity index (χ1n) is 8.16. The van der Waals surface area contributed by atoms with Crippen molar-refractivity contribution >= 4 is 52.8 Å². The van der Waals surface area contributed by atoms with Crippen molar-refractivity contribution in [1.29, 1.82) is 0 Å². The van der Waals surface area contributed by atoms with Gasteiger partial charge in [0.1, 0.15) is 0 Å². The summed E-state index contributed by atoms with van der Waals surface area (Å²) in [5.41, 5.74) is 0.993. The quantitative estimate of drug-likeness (QED) is 0.784. The van der Waals surface area contributed by atoms with Crippen molar-refractivity contribution in [2.75, 3.05) is 32.0 Å². The first-order valence-corrected chi connectivity index (χ1v) is 9.42. The second kappa shape index (κ2) is 9.37. The van der Waals surface area contributed by atoms with Crippen molar-refractivity contribution in [3.05, 3.63) is 51.2 Å². The van der Waals surface area contributed by atoms with Crippen LogP contribution in [0.1, 0.15) is 26.5 Å². The molecule has 1 saturated heterocycles. The Balaban J connectivity index is 0.00000243. The van der Waals surface area contributed by atoms with Gasteiger partial charge >= 0.3 is 0 Å². The Morgan fingerprint density at radius 1 is 1.35 bits per heavy atom. The van der Waals surface area contributed by atoms with E-state index in [1.54, 1.807) is 24.3 Å². The van der Waals surface area contributed by atoms with Crippen molar-refractivity contribution in [2.45, 2.75) is 6.42 Å². The average molecular weight is 414 g/mol. The Labute approximate surface area is 168 Å². The molecule has 1 aromatic carbocycles. The smallest absolute Gasteiger partial charge is 0.265 e. The van der Waals surface area contributed by atoms with Gasteiger partial charge in [0.05, 0.1) is 15.6 Å².